The van der Waals surface area contributed by atoms with Crippen molar-refractivity contribution < 1.29 is 14.6 Å². The molecule has 0 unspecified atom stereocenters. The van der Waals surface area contributed by atoms with Gasteiger partial charge in [0.15, 0.2) is 0 Å². The van der Waals surface area contributed by atoms with E-state index in [1.165, 1.54) is 0 Å². The molecular formula is C13H23NO3. The van der Waals surface area contributed by atoms with Crippen LogP contribution in [0.5, 0.6) is 0 Å². The average molecular weight is 241 g/mol. The lowest BCUT2D eigenvalue weighted by Crippen LogP contribution is -2.60. The third-order valence-electron chi connectivity index (χ3n) is 4.45. The quantitative estimate of drug-likeness (QED) is 0.800. The normalized spacial score (nSPS) is 28.8. The van der Waals surface area contributed by atoms with Crippen LogP contribution >= 0.6 is 0 Å². The van der Waals surface area contributed by atoms with Crippen molar-refractivity contribution in [2.75, 3.05) is 26.3 Å². The Morgan fingerprint density at radius 3 is 2.12 bits per heavy atom. The van der Waals surface area contributed by atoms with Gasteiger partial charge in [0.25, 0.3) is 0 Å². The van der Waals surface area contributed by atoms with E-state index in [9.17, 15) is 9.90 Å². The van der Waals surface area contributed by atoms with Gasteiger partial charge in [-0.15, -0.1) is 0 Å². The van der Waals surface area contributed by atoms with E-state index in [1.807, 2.05) is 0 Å². The predicted molar refractivity (Wildman–Crippen MR) is 65.0 cm³/mol. The summed E-state index contributed by atoms with van der Waals surface area (Å²) in [6.45, 7) is 7.31. The second-order valence-electron chi connectivity index (χ2n) is 6.10. The number of hydrogen-bond acceptors (Lipinski definition) is 3. The Morgan fingerprint density at radius 1 is 1.12 bits per heavy atom. The molecule has 17 heavy (non-hydrogen) atoms. The zero-order valence-electron chi connectivity index (χ0n) is 10.9. The molecule has 1 N–H and O–H groups in total. The molecule has 98 valence electrons. The van der Waals surface area contributed by atoms with Gasteiger partial charge in [-0.05, 0) is 31.1 Å². The number of morpholine rings is 1. The molecule has 0 bridgehead atoms. The Morgan fingerprint density at radius 2 is 1.65 bits per heavy atom. The SMILES string of the molecule is CC1(C)CCC(C(=O)O)(N2CCOCC2)CC1. The number of nitrogens with zero attached hydrogens (tertiary/aromatic N) is 1. The van der Waals surface area contributed by atoms with Gasteiger partial charge < -0.3 is 9.84 Å². The maximum absolute atomic E-state index is 11.7. The van der Waals surface area contributed by atoms with E-state index in [0.29, 0.717) is 18.6 Å². The maximum Gasteiger partial charge on any atom is 0.324 e. The summed E-state index contributed by atoms with van der Waals surface area (Å²) >= 11 is 0. The summed E-state index contributed by atoms with van der Waals surface area (Å²) in [7, 11) is 0. The Labute approximate surface area is 103 Å². The first-order valence-corrected chi connectivity index (χ1v) is 6.53. The highest BCUT2D eigenvalue weighted by molar-refractivity contribution is 5.79. The summed E-state index contributed by atoms with van der Waals surface area (Å²) in [5.74, 6) is -0.644. The van der Waals surface area contributed by atoms with Crippen LogP contribution in [-0.4, -0.2) is 47.8 Å². The second-order valence-corrected chi connectivity index (χ2v) is 6.10. The molecule has 0 atom stereocenters. The molecule has 2 rings (SSSR count). The van der Waals surface area contributed by atoms with Crippen LogP contribution in [0, 0.1) is 5.41 Å². The Kier molecular flexibility index (Phi) is 3.46. The standard InChI is InChI=1S/C13H23NO3/c1-12(2)3-5-13(6-4-12,11(15)16)14-7-9-17-10-8-14/h3-10H2,1-2H3,(H,15,16). The largest absolute Gasteiger partial charge is 0.480 e. The minimum atomic E-state index is -0.644. The number of aliphatic carboxylic acids is 1. The van der Waals surface area contributed by atoms with Crippen LogP contribution in [0.3, 0.4) is 0 Å². The fourth-order valence-electron chi connectivity index (χ4n) is 3.00. The molecule has 0 aromatic rings. The number of ether oxygens (including phenoxy) is 1. The number of carboxylic acids is 1. The van der Waals surface area contributed by atoms with Crippen molar-refractivity contribution in [3.8, 4) is 0 Å². The van der Waals surface area contributed by atoms with Crippen LogP contribution in [0.15, 0.2) is 0 Å². The monoisotopic (exact) mass is 241 g/mol. The van der Waals surface area contributed by atoms with E-state index >= 15 is 0 Å². The van der Waals surface area contributed by atoms with Gasteiger partial charge in [-0.25, -0.2) is 0 Å². The molecule has 0 aromatic carbocycles. The van der Waals surface area contributed by atoms with E-state index in [1.54, 1.807) is 0 Å². The minimum absolute atomic E-state index is 0.297. The lowest BCUT2D eigenvalue weighted by atomic mass is 9.68. The smallest absolute Gasteiger partial charge is 0.324 e. The zero-order valence-corrected chi connectivity index (χ0v) is 10.9. The molecule has 2 fully saturated rings. The molecule has 1 saturated carbocycles. The molecule has 1 aliphatic carbocycles. The summed E-state index contributed by atoms with van der Waals surface area (Å²) in [5.41, 5.74) is -0.329. The highest BCUT2D eigenvalue weighted by Gasteiger charge is 2.48. The average Bonchev–Trinajstić information content (AvgIpc) is 2.30. The predicted octanol–water partition coefficient (Wildman–Crippen LogP) is 1.74. The van der Waals surface area contributed by atoms with Gasteiger partial charge >= 0.3 is 5.97 Å². The first kappa shape index (κ1) is 12.8. The van der Waals surface area contributed by atoms with Gasteiger partial charge in [0.05, 0.1) is 13.2 Å². The van der Waals surface area contributed by atoms with Crippen LogP contribution < -0.4 is 0 Å². The van der Waals surface area contributed by atoms with Gasteiger partial charge in [-0.1, -0.05) is 13.8 Å². The molecule has 0 radical (unpaired) electrons. The van der Waals surface area contributed by atoms with E-state index in [0.717, 1.165) is 38.8 Å². The second kappa shape index (κ2) is 4.58. The van der Waals surface area contributed by atoms with Crippen LogP contribution in [0.1, 0.15) is 39.5 Å². The summed E-state index contributed by atoms with van der Waals surface area (Å²) < 4.78 is 5.32. The molecule has 4 heteroatoms. The summed E-state index contributed by atoms with van der Waals surface area (Å²) in [4.78, 5) is 13.8. The minimum Gasteiger partial charge on any atom is -0.480 e. The third kappa shape index (κ3) is 2.47. The fraction of sp³-hybridized carbons (Fsp3) is 0.923. The van der Waals surface area contributed by atoms with Crippen LogP contribution in [0.2, 0.25) is 0 Å². The lowest BCUT2D eigenvalue weighted by molar-refractivity contribution is -0.160. The highest BCUT2D eigenvalue weighted by atomic mass is 16.5. The van der Waals surface area contributed by atoms with Crippen LogP contribution in [0.4, 0.5) is 0 Å². The third-order valence-corrected chi connectivity index (χ3v) is 4.45. The van der Waals surface area contributed by atoms with E-state index in [4.69, 9.17) is 4.74 Å². The zero-order chi connectivity index (χ0) is 12.5. The molecule has 0 amide bonds. The fourth-order valence-corrected chi connectivity index (χ4v) is 3.00. The van der Waals surface area contributed by atoms with Gasteiger partial charge in [0.1, 0.15) is 5.54 Å². The van der Waals surface area contributed by atoms with Crippen molar-refractivity contribution in [3.63, 3.8) is 0 Å². The van der Waals surface area contributed by atoms with Gasteiger partial charge in [0, 0.05) is 13.1 Å². The molecular weight excluding hydrogens is 218 g/mol. The van der Waals surface area contributed by atoms with Crippen LogP contribution in [-0.2, 0) is 9.53 Å². The topological polar surface area (TPSA) is 49.8 Å². The molecule has 1 saturated heterocycles. The van der Waals surface area contributed by atoms with E-state index in [2.05, 4.69) is 18.7 Å². The lowest BCUT2D eigenvalue weighted by Gasteiger charge is -2.48. The van der Waals surface area contributed by atoms with Crippen LogP contribution in [0.25, 0.3) is 0 Å². The van der Waals surface area contributed by atoms with Crippen molar-refractivity contribution >= 4 is 5.97 Å². The molecule has 0 spiro atoms. The number of rotatable bonds is 2. The van der Waals surface area contributed by atoms with Crippen molar-refractivity contribution in [2.45, 2.75) is 45.1 Å². The molecule has 0 aromatic heterocycles. The van der Waals surface area contributed by atoms with Gasteiger partial charge in [-0.2, -0.15) is 0 Å². The summed E-state index contributed by atoms with van der Waals surface area (Å²) in [6.07, 6.45) is 3.54. The number of hydrogen-bond donors (Lipinski definition) is 1. The summed E-state index contributed by atoms with van der Waals surface area (Å²) in [6, 6.07) is 0. The summed E-state index contributed by atoms with van der Waals surface area (Å²) in [5, 5.41) is 9.63. The molecule has 1 aliphatic heterocycles. The van der Waals surface area contributed by atoms with E-state index in [-0.39, 0.29) is 0 Å². The Balaban J connectivity index is 2.13. The van der Waals surface area contributed by atoms with Crippen molar-refractivity contribution in [3.05, 3.63) is 0 Å². The van der Waals surface area contributed by atoms with Gasteiger partial charge in [-0.3, -0.25) is 9.69 Å². The first-order chi connectivity index (χ1) is 7.96. The Bertz CT molecular complexity index is 285. The molecule has 2 aliphatic rings. The first-order valence-electron chi connectivity index (χ1n) is 6.53. The van der Waals surface area contributed by atoms with E-state index < -0.39 is 11.5 Å². The Hall–Kier alpha value is -0.610. The van der Waals surface area contributed by atoms with Gasteiger partial charge in [0.2, 0.25) is 0 Å². The molecule has 4 nitrogen and oxygen atoms in total. The van der Waals surface area contributed by atoms with Crippen molar-refractivity contribution in [1.29, 1.82) is 0 Å². The molecule has 1 heterocycles. The maximum atomic E-state index is 11.7. The number of carbonyl (C=O) groups is 1. The highest BCUT2D eigenvalue weighted by Crippen LogP contribution is 2.43. The van der Waals surface area contributed by atoms with Crippen molar-refractivity contribution in [2.24, 2.45) is 5.41 Å². The number of carboxylic acid groups (broad SMARTS) is 1. The van der Waals surface area contributed by atoms with Crippen molar-refractivity contribution in [1.82, 2.24) is 4.90 Å².